The molecule has 0 saturated carbocycles. The van der Waals surface area contributed by atoms with Crippen molar-refractivity contribution in [1.29, 1.82) is 0 Å². The first-order valence-electron chi connectivity index (χ1n) is 19.4. The molecule has 1 N–H and O–H groups in total. The number of carbonyl (C=O) groups excluding carboxylic acids is 1. The zero-order valence-corrected chi connectivity index (χ0v) is 36.3. The van der Waals surface area contributed by atoms with Gasteiger partial charge in [0.25, 0.3) is 12.0 Å². The normalized spacial score (nSPS) is 12.5. The molecule has 1 amide bonds. The quantitative estimate of drug-likeness (QED) is 0.112. The predicted molar refractivity (Wildman–Crippen MR) is 231 cm³/mol. The monoisotopic (exact) mass is 923 g/mol. The molecule has 7 rings (SSSR count). The third-order valence-corrected chi connectivity index (χ3v) is 11.2. The molecule has 0 aliphatic rings. The van der Waals surface area contributed by atoms with Crippen LogP contribution in [0.3, 0.4) is 0 Å². The SMILES string of the molecule is COc1ccc(CN(c2nn(CC(F)F)c3c(-n4c([C@H](Cc5cc(F)cc(F)c5)NC(=O)OC(C)(C)C)nc5nc(-c6ccccc6F)ccc5c4=O)ccc(Cl)c23)S(C)(=O)=O)cc1. The summed E-state index contributed by atoms with van der Waals surface area (Å²) in [5, 5.41) is 6.55. The van der Waals surface area contributed by atoms with Crippen LogP contribution in [-0.4, -0.2) is 64.2 Å². The topological polar surface area (TPSA) is 151 Å². The lowest BCUT2D eigenvalue weighted by atomic mass is 10.0. The summed E-state index contributed by atoms with van der Waals surface area (Å²) in [6, 6.07) is 18.5. The van der Waals surface area contributed by atoms with Gasteiger partial charge in [-0.1, -0.05) is 35.9 Å². The Labute approximate surface area is 368 Å². The molecule has 0 aliphatic heterocycles. The first-order valence-corrected chi connectivity index (χ1v) is 21.6. The number of methoxy groups -OCH3 is 1. The van der Waals surface area contributed by atoms with Crippen LogP contribution < -0.4 is 19.9 Å². The van der Waals surface area contributed by atoms with Gasteiger partial charge in [-0.15, -0.1) is 0 Å². The number of alkyl halides is 2. The number of alkyl carbamates (subject to hydrolysis) is 1. The second-order valence-electron chi connectivity index (χ2n) is 15.6. The van der Waals surface area contributed by atoms with Crippen LogP contribution in [0.2, 0.25) is 5.02 Å². The third kappa shape index (κ3) is 9.79. The van der Waals surface area contributed by atoms with Gasteiger partial charge in [0.05, 0.1) is 58.6 Å². The van der Waals surface area contributed by atoms with Gasteiger partial charge in [0.15, 0.2) is 11.5 Å². The molecule has 3 heterocycles. The van der Waals surface area contributed by atoms with Crippen molar-refractivity contribution in [3.63, 3.8) is 0 Å². The Hall–Kier alpha value is -6.60. The van der Waals surface area contributed by atoms with Gasteiger partial charge in [-0.25, -0.2) is 49.4 Å². The van der Waals surface area contributed by atoms with Gasteiger partial charge in [0, 0.05) is 18.1 Å². The number of nitrogens with zero attached hydrogens (tertiary/aromatic N) is 6. The van der Waals surface area contributed by atoms with Crippen LogP contribution >= 0.6 is 11.6 Å². The fourth-order valence-electron chi connectivity index (χ4n) is 7.10. The summed E-state index contributed by atoms with van der Waals surface area (Å²) < 4.78 is 114. The lowest BCUT2D eigenvalue weighted by molar-refractivity contribution is 0.0500. The van der Waals surface area contributed by atoms with Crippen LogP contribution in [0.1, 0.15) is 43.8 Å². The number of halogens is 6. The van der Waals surface area contributed by atoms with Crippen molar-refractivity contribution < 1.29 is 44.6 Å². The number of fused-ring (bicyclic) bond motifs is 2. The minimum atomic E-state index is -4.25. The summed E-state index contributed by atoms with van der Waals surface area (Å²) >= 11 is 6.83. The number of rotatable bonds is 13. The Bertz CT molecular complexity index is 3070. The molecule has 0 aliphatic carbocycles. The van der Waals surface area contributed by atoms with Crippen molar-refractivity contribution in [2.45, 2.75) is 58.3 Å². The summed E-state index contributed by atoms with van der Waals surface area (Å²) in [4.78, 5) is 38.0. The second-order valence-corrected chi connectivity index (χ2v) is 18.0. The van der Waals surface area contributed by atoms with Crippen LogP contribution in [0.15, 0.2) is 95.8 Å². The highest BCUT2D eigenvalue weighted by molar-refractivity contribution is 7.92. The van der Waals surface area contributed by atoms with Crippen molar-refractivity contribution in [2.75, 3.05) is 17.7 Å². The molecule has 0 spiro atoms. The average Bonchev–Trinajstić information content (AvgIpc) is 3.57. The minimum Gasteiger partial charge on any atom is -0.497 e. The van der Waals surface area contributed by atoms with E-state index in [2.05, 4.69) is 15.4 Å². The minimum absolute atomic E-state index is 0.0128. The van der Waals surface area contributed by atoms with Crippen molar-refractivity contribution >= 4 is 55.5 Å². The predicted octanol–water partition coefficient (Wildman–Crippen LogP) is 8.92. The van der Waals surface area contributed by atoms with E-state index in [4.69, 9.17) is 26.1 Å². The standard InChI is InChI=1S/C44H39ClF5N7O6S/c1-44(2,3)63-43(59)52-34(20-25-18-26(46)21-27(47)19-25)40-53-39-30(14-16-33(51-39)29-8-6-7-9-32(29)48)42(58)57(40)35-17-15-31(45)37-38(35)55(23-36(49)50)54-41(37)56(64(5,60)61)22-24-10-12-28(62-4)13-11-24/h6-19,21,34,36H,20,22-23H2,1-5H3,(H,52,59)/t34-/m0/s1. The summed E-state index contributed by atoms with van der Waals surface area (Å²) in [5.41, 5.74) is -2.12. The smallest absolute Gasteiger partial charge is 0.408 e. The van der Waals surface area contributed by atoms with Gasteiger partial charge in [0.1, 0.15) is 41.2 Å². The Balaban J connectivity index is 1.56. The Morgan fingerprint density at radius 2 is 1.61 bits per heavy atom. The number of carbonyl (C=O) groups is 1. The van der Waals surface area contributed by atoms with E-state index in [0.29, 0.717) is 17.4 Å². The van der Waals surface area contributed by atoms with Crippen molar-refractivity contribution in [3.05, 3.63) is 141 Å². The van der Waals surface area contributed by atoms with E-state index in [1.165, 1.54) is 49.6 Å². The van der Waals surface area contributed by atoms with Gasteiger partial charge in [0.2, 0.25) is 10.0 Å². The van der Waals surface area contributed by atoms with Crippen LogP contribution in [0.5, 0.6) is 5.75 Å². The van der Waals surface area contributed by atoms with E-state index in [-0.39, 0.29) is 67.7 Å². The van der Waals surface area contributed by atoms with E-state index in [1.807, 2.05) is 0 Å². The molecule has 64 heavy (non-hydrogen) atoms. The van der Waals surface area contributed by atoms with E-state index in [9.17, 15) is 30.8 Å². The fraction of sp³-hybridized carbons (Fsp3) is 0.250. The van der Waals surface area contributed by atoms with E-state index in [1.54, 1.807) is 51.1 Å². The molecular formula is C44H39ClF5N7O6S. The largest absolute Gasteiger partial charge is 0.497 e. The van der Waals surface area contributed by atoms with Crippen molar-refractivity contribution in [1.82, 2.24) is 29.6 Å². The zero-order chi connectivity index (χ0) is 46.2. The molecule has 13 nitrogen and oxygen atoms in total. The van der Waals surface area contributed by atoms with Gasteiger partial charge < -0.3 is 14.8 Å². The van der Waals surface area contributed by atoms with Gasteiger partial charge in [-0.2, -0.15) is 5.10 Å². The van der Waals surface area contributed by atoms with Crippen LogP contribution in [-0.2, 0) is 34.3 Å². The molecular weight excluding hydrogens is 885 g/mol. The highest BCUT2D eigenvalue weighted by Gasteiger charge is 2.32. The summed E-state index contributed by atoms with van der Waals surface area (Å²) in [5.74, 6) is -2.79. The average molecular weight is 924 g/mol. The number of pyridine rings is 1. The van der Waals surface area contributed by atoms with Crippen molar-refractivity contribution in [3.8, 4) is 22.7 Å². The Kier molecular flexibility index (Phi) is 12.7. The maximum absolute atomic E-state index is 15.1. The van der Waals surface area contributed by atoms with E-state index < -0.39 is 70.2 Å². The van der Waals surface area contributed by atoms with Crippen LogP contribution in [0.4, 0.5) is 32.6 Å². The first kappa shape index (κ1) is 45.4. The Morgan fingerprint density at radius 1 is 0.922 bits per heavy atom. The number of aromatic nitrogens is 5. The molecule has 3 aromatic heterocycles. The number of anilines is 1. The number of amides is 1. The highest BCUT2D eigenvalue weighted by atomic mass is 35.5. The van der Waals surface area contributed by atoms with E-state index in [0.717, 1.165) is 31.9 Å². The molecule has 0 saturated heterocycles. The molecule has 0 bridgehead atoms. The van der Waals surface area contributed by atoms with E-state index >= 15 is 9.18 Å². The van der Waals surface area contributed by atoms with Crippen LogP contribution in [0.25, 0.3) is 38.9 Å². The third-order valence-electron chi connectivity index (χ3n) is 9.75. The molecule has 20 heteroatoms. The molecule has 7 aromatic rings. The summed E-state index contributed by atoms with van der Waals surface area (Å²) in [7, 11) is -2.79. The van der Waals surface area contributed by atoms with Gasteiger partial charge in [-0.3, -0.25) is 14.0 Å². The fourth-order valence-corrected chi connectivity index (χ4v) is 8.16. The maximum Gasteiger partial charge on any atom is 0.408 e. The molecule has 0 radical (unpaired) electrons. The number of nitrogens with one attached hydrogen (secondary N) is 1. The molecule has 0 unspecified atom stereocenters. The van der Waals surface area contributed by atoms with Crippen molar-refractivity contribution in [2.24, 2.45) is 0 Å². The number of hydrogen-bond acceptors (Lipinski definition) is 9. The van der Waals surface area contributed by atoms with Gasteiger partial charge >= 0.3 is 6.09 Å². The zero-order valence-electron chi connectivity index (χ0n) is 34.7. The lowest BCUT2D eigenvalue weighted by Gasteiger charge is -2.26. The number of benzene rings is 4. The molecule has 0 fully saturated rings. The Morgan fingerprint density at radius 3 is 2.23 bits per heavy atom. The summed E-state index contributed by atoms with van der Waals surface area (Å²) in [6.07, 6.45) is -3.67. The molecule has 1 atom stereocenters. The first-order chi connectivity index (χ1) is 30.2. The molecule has 4 aromatic carbocycles. The number of ether oxygens (including phenoxy) is 2. The molecule has 334 valence electrons. The van der Waals surface area contributed by atoms with Crippen LogP contribution in [0, 0.1) is 17.5 Å². The number of sulfonamides is 1. The van der Waals surface area contributed by atoms with Gasteiger partial charge in [-0.05, 0) is 92.6 Å². The number of hydrogen-bond donors (Lipinski definition) is 1. The summed E-state index contributed by atoms with van der Waals surface area (Å²) in [6.45, 7) is 3.30. The highest BCUT2D eigenvalue weighted by Crippen LogP contribution is 2.39. The lowest BCUT2D eigenvalue weighted by Crippen LogP contribution is -2.39. The second kappa shape index (κ2) is 17.9. The maximum atomic E-state index is 15.1.